The van der Waals surface area contributed by atoms with E-state index in [0.717, 1.165) is 23.9 Å². The van der Waals surface area contributed by atoms with Crippen molar-refractivity contribution in [2.24, 2.45) is 0 Å². The Kier molecular flexibility index (Phi) is 3.64. The number of nitrogen functional groups attached to an aromatic ring is 1. The quantitative estimate of drug-likeness (QED) is 0.911. The van der Waals surface area contributed by atoms with Gasteiger partial charge in [-0.25, -0.2) is 14.8 Å². The lowest BCUT2D eigenvalue weighted by molar-refractivity contribution is 0.0930. The minimum atomic E-state index is -0.222. The van der Waals surface area contributed by atoms with Gasteiger partial charge in [-0.1, -0.05) is 0 Å². The molecule has 1 aliphatic heterocycles. The predicted octanol–water partition coefficient (Wildman–Crippen LogP) is 1.81. The number of hydrogen-bond donors (Lipinski definition) is 1. The van der Waals surface area contributed by atoms with E-state index in [4.69, 9.17) is 10.5 Å². The maximum absolute atomic E-state index is 11.7. The Balaban J connectivity index is 1.74. The van der Waals surface area contributed by atoms with Crippen molar-refractivity contribution in [3.8, 4) is 0 Å². The minimum Gasteiger partial charge on any atom is -0.450 e. The Morgan fingerprint density at radius 2 is 2.19 bits per heavy atom. The van der Waals surface area contributed by atoms with E-state index >= 15 is 0 Å². The molecule has 0 aromatic carbocycles. The highest BCUT2D eigenvalue weighted by atomic mass is 16.6. The SMILES string of the molecule is CCOC(=O)N1CCC(n2ccc3c(N)ncnc32)CC1. The number of likely N-dealkylation sites (tertiary alicyclic amines) is 1. The van der Waals surface area contributed by atoms with Crippen molar-refractivity contribution in [2.45, 2.75) is 25.8 Å². The monoisotopic (exact) mass is 289 g/mol. The number of nitrogens with zero attached hydrogens (tertiary/aromatic N) is 4. The van der Waals surface area contributed by atoms with E-state index in [9.17, 15) is 4.79 Å². The fraction of sp³-hybridized carbons (Fsp3) is 0.500. The molecule has 0 unspecified atom stereocenters. The average Bonchev–Trinajstić information content (AvgIpc) is 2.93. The summed E-state index contributed by atoms with van der Waals surface area (Å²) >= 11 is 0. The number of nitrogens with two attached hydrogens (primary N) is 1. The van der Waals surface area contributed by atoms with Crippen LogP contribution in [0.5, 0.6) is 0 Å². The highest BCUT2D eigenvalue weighted by Crippen LogP contribution is 2.28. The lowest BCUT2D eigenvalue weighted by Gasteiger charge is -2.32. The summed E-state index contributed by atoms with van der Waals surface area (Å²) in [7, 11) is 0. The third-order valence-corrected chi connectivity index (χ3v) is 3.92. The summed E-state index contributed by atoms with van der Waals surface area (Å²) in [5.41, 5.74) is 6.72. The highest BCUT2D eigenvalue weighted by molar-refractivity contribution is 5.86. The van der Waals surface area contributed by atoms with Crippen LogP contribution >= 0.6 is 0 Å². The van der Waals surface area contributed by atoms with Crippen LogP contribution in [-0.2, 0) is 4.74 Å². The molecule has 3 rings (SSSR count). The third-order valence-electron chi connectivity index (χ3n) is 3.92. The summed E-state index contributed by atoms with van der Waals surface area (Å²) in [6.45, 7) is 3.63. The summed E-state index contributed by atoms with van der Waals surface area (Å²) in [6.07, 6.45) is 5.03. The van der Waals surface area contributed by atoms with Crippen LogP contribution in [0.15, 0.2) is 18.6 Å². The van der Waals surface area contributed by atoms with E-state index in [1.807, 2.05) is 19.2 Å². The van der Waals surface area contributed by atoms with Gasteiger partial charge in [0.2, 0.25) is 0 Å². The molecule has 2 aromatic heterocycles. The zero-order valence-corrected chi connectivity index (χ0v) is 12.0. The van der Waals surface area contributed by atoms with Crippen LogP contribution in [0.4, 0.5) is 10.6 Å². The summed E-state index contributed by atoms with van der Waals surface area (Å²) in [5, 5.41) is 0.880. The van der Waals surface area contributed by atoms with Gasteiger partial charge in [0.05, 0.1) is 12.0 Å². The summed E-state index contributed by atoms with van der Waals surface area (Å²) in [6, 6.07) is 2.27. The van der Waals surface area contributed by atoms with Crippen LogP contribution < -0.4 is 5.73 Å². The van der Waals surface area contributed by atoms with Gasteiger partial charge in [-0.3, -0.25) is 0 Å². The van der Waals surface area contributed by atoms with Gasteiger partial charge in [0.25, 0.3) is 0 Å². The van der Waals surface area contributed by atoms with Gasteiger partial charge in [-0.2, -0.15) is 0 Å². The van der Waals surface area contributed by atoms with E-state index in [1.54, 1.807) is 4.90 Å². The van der Waals surface area contributed by atoms with Crippen LogP contribution in [0.3, 0.4) is 0 Å². The van der Waals surface area contributed by atoms with Crippen molar-refractivity contribution in [2.75, 3.05) is 25.4 Å². The second kappa shape index (κ2) is 5.59. The molecule has 21 heavy (non-hydrogen) atoms. The zero-order chi connectivity index (χ0) is 14.8. The smallest absolute Gasteiger partial charge is 0.409 e. The Bertz CT molecular complexity index is 646. The van der Waals surface area contributed by atoms with Gasteiger partial charge in [0.1, 0.15) is 17.8 Å². The first-order valence-corrected chi connectivity index (χ1v) is 7.19. The predicted molar refractivity (Wildman–Crippen MR) is 78.8 cm³/mol. The lowest BCUT2D eigenvalue weighted by atomic mass is 10.1. The lowest BCUT2D eigenvalue weighted by Crippen LogP contribution is -2.39. The van der Waals surface area contributed by atoms with Crippen LogP contribution in [0.1, 0.15) is 25.8 Å². The van der Waals surface area contributed by atoms with Gasteiger partial charge in [-0.15, -0.1) is 0 Å². The molecule has 0 spiro atoms. The maximum Gasteiger partial charge on any atom is 0.409 e. The largest absolute Gasteiger partial charge is 0.450 e. The van der Waals surface area contributed by atoms with E-state index in [1.165, 1.54) is 6.33 Å². The number of hydrogen-bond acceptors (Lipinski definition) is 5. The van der Waals surface area contributed by atoms with Crippen molar-refractivity contribution in [3.63, 3.8) is 0 Å². The number of carbonyl (C=O) groups excluding carboxylic acids is 1. The Morgan fingerprint density at radius 3 is 2.90 bits per heavy atom. The number of rotatable bonds is 2. The summed E-state index contributed by atoms with van der Waals surface area (Å²) in [5.74, 6) is 0.503. The molecule has 0 saturated carbocycles. The van der Waals surface area contributed by atoms with E-state index in [2.05, 4.69) is 14.5 Å². The number of amides is 1. The molecule has 0 atom stereocenters. The van der Waals surface area contributed by atoms with Crippen molar-refractivity contribution < 1.29 is 9.53 Å². The van der Waals surface area contributed by atoms with Gasteiger partial charge in [0, 0.05) is 25.3 Å². The Morgan fingerprint density at radius 1 is 1.43 bits per heavy atom. The van der Waals surface area contributed by atoms with E-state index < -0.39 is 0 Å². The molecule has 2 aromatic rings. The molecule has 2 N–H and O–H groups in total. The van der Waals surface area contributed by atoms with Crippen molar-refractivity contribution in [3.05, 3.63) is 18.6 Å². The third kappa shape index (κ3) is 2.51. The van der Waals surface area contributed by atoms with Crippen LogP contribution in [0.25, 0.3) is 11.0 Å². The summed E-state index contributed by atoms with van der Waals surface area (Å²) in [4.78, 5) is 21.8. The molecule has 0 aliphatic carbocycles. The molecule has 1 aliphatic rings. The molecular weight excluding hydrogens is 270 g/mol. The standard InChI is InChI=1S/C14H19N5O2/c1-2-21-14(20)18-6-3-10(4-7-18)19-8-5-11-12(15)16-9-17-13(11)19/h5,8-10H,2-4,6-7H2,1H3,(H2,15,16,17). The second-order valence-electron chi connectivity index (χ2n) is 5.14. The van der Waals surface area contributed by atoms with E-state index in [-0.39, 0.29) is 6.09 Å². The number of carbonyl (C=O) groups is 1. The molecule has 3 heterocycles. The second-order valence-corrected chi connectivity index (χ2v) is 5.14. The highest BCUT2D eigenvalue weighted by Gasteiger charge is 2.25. The normalized spacial score (nSPS) is 16.3. The number of ether oxygens (including phenoxy) is 1. The van der Waals surface area contributed by atoms with Gasteiger partial charge in [-0.05, 0) is 25.8 Å². The maximum atomic E-state index is 11.7. The first-order valence-electron chi connectivity index (χ1n) is 7.19. The molecule has 7 nitrogen and oxygen atoms in total. The Labute approximate surface area is 122 Å². The molecular formula is C14H19N5O2. The number of aromatic nitrogens is 3. The number of piperidine rings is 1. The van der Waals surface area contributed by atoms with Crippen molar-refractivity contribution in [1.29, 1.82) is 0 Å². The van der Waals surface area contributed by atoms with Gasteiger partial charge < -0.3 is 19.9 Å². The zero-order valence-electron chi connectivity index (χ0n) is 12.0. The number of anilines is 1. The average molecular weight is 289 g/mol. The molecule has 1 amide bonds. The topological polar surface area (TPSA) is 86.3 Å². The van der Waals surface area contributed by atoms with Crippen LogP contribution in [0.2, 0.25) is 0 Å². The molecule has 0 radical (unpaired) electrons. The summed E-state index contributed by atoms with van der Waals surface area (Å²) < 4.78 is 7.17. The molecule has 7 heteroatoms. The Hall–Kier alpha value is -2.31. The van der Waals surface area contributed by atoms with Crippen molar-refractivity contribution >= 4 is 22.9 Å². The molecule has 0 bridgehead atoms. The molecule has 112 valence electrons. The first kappa shape index (κ1) is 13.7. The fourth-order valence-corrected chi connectivity index (χ4v) is 2.83. The van der Waals surface area contributed by atoms with Crippen molar-refractivity contribution in [1.82, 2.24) is 19.4 Å². The van der Waals surface area contributed by atoms with Gasteiger partial charge >= 0.3 is 6.09 Å². The van der Waals surface area contributed by atoms with Crippen LogP contribution in [-0.4, -0.2) is 45.2 Å². The molecule has 1 fully saturated rings. The van der Waals surface area contributed by atoms with Gasteiger partial charge in [0.15, 0.2) is 0 Å². The fourth-order valence-electron chi connectivity index (χ4n) is 2.83. The van der Waals surface area contributed by atoms with E-state index in [0.29, 0.717) is 31.6 Å². The number of fused-ring (bicyclic) bond motifs is 1. The van der Waals surface area contributed by atoms with Crippen LogP contribution in [0, 0.1) is 0 Å². The molecule has 1 saturated heterocycles. The first-order chi connectivity index (χ1) is 10.2. The minimum absolute atomic E-state index is 0.222.